The first kappa shape index (κ1) is 29.9. The number of carboxylic acid groups (broad SMARTS) is 1. The second kappa shape index (κ2) is 15.0. The van der Waals surface area contributed by atoms with Crippen molar-refractivity contribution in [3.05, 3.63) is 34.9 Å². The Morgan fingerprint density at radius 1 is 1.00 bits per heavy atom. The number of aliphatic hydroxyl groups excluding tert-OH is 3. The molecule has 0 aliphatic carbocycles. The lowest BCUT2D eigenvalue weighted by atomic mass is 10.2. The maximum Gasteiger partial charge on any atom is 0.338 e. The molecule has 190 valence electrons. The van der Waals surface area contributed by atoms with Crippen LogP contribution in [-0.4, -0.2) is 93.4 Å². The molecule has 1 heterocycles. The van der Waals surface area contributed by atoms with Gasteiger partial charge in [0.2, 0.25) is 11.8 Å². The fourth-order valence-electron chi connectivity index (χ4n) is 2.88. The quantitative estimate of drug-likeness (QED) is 0.326. The van der Waals surface area contributed by atoms with E-state index < -0.39 is 24.3 Å². The van der Waals surface area contributed by atoms with E-state index in [1.165, 1.54) is 26.4 Å². The summed E-state index contributed by atoms with van der Waals surface area (Å²) in [5, 5.41) is 37.1. The Balaban J connectivity index is 0.000000385. The topological polar surface area (TPSA) is 145 Å². The summed E-state index contributed by atoms with van der Waals surface area (Å²) < 4.78 is 10.1. The van der Waals surface area contributed by atoms with Crippen LogP contribution in [0.3, 0.4) is 0 Å². The Labute approximate surface area is 208 Å². The molecule has 0 saturated carbocycles. The van der Waals surface area contributed by atoms with Gasteiger partial charge in [0.25, 0.3) is 0 Å². The number of hydrogen-bond acceptors (Lipinski definition) is 10. The van der Waals surface area contributed by atoms with Gasteiger partial charge in [-0.2, -0.15) is 9.97 Å². The molecule has 10 nitrogen and oxygen atoms in total. The van der Waals surface area contributed by atoms with Gasteiger partial charge in [0.15, 0.2) is 5.16 Å². The molecule has 2 rings (SSSR count). The molecule has 3 atom stereocenters. The van der Waals surface area contributed by atoms with Crippen LogP contribution in [0.1, 0.15) is 31.1 Å². The highest BCUT2D eigenvalue weighted by atomic mass is 35.5. The number of methoxy groups -OCH3 is 2. The summed E-state index contributed by atoms with van der Waals surface area (Å²) >= 11 is 6.99. The lowest BCUT2D eigenvalue weighted by molar-refractivity contribution is 0.0530. The van der Waals surface area contributed by atoms with E-state index in [-0.39, 0.29) is 10.6 Å². The average molecular weight is 518 g/mol. The summed E-state index contributed by atoms with van der Waals surface area (Å²) in [4.78, 5) is 21.9. The maximum absolute atomic E-state index is 11.3. The molecule has 4 N–H and O–H groups in total. The Morgan fingerprint density at radius 2 is 1.47 bits per heavy atom. The lowest BCUT2D eigenvalue weighted by Crippen LogP contribution is -2.40. The Bertz CT molecular complexity index is 870. The second-order valence-electron chi connectivity index (χ2n) is 7.52. The van der Waals surface area contributed by atoms with Crippen LogP contribution in [-0.2, 0) is 0 Å². The Kier molecular flexibility index (Phi) is 13.2. The fourth-order valence-corrected chi connectivity index (χ4v) is 4.10. The zero-order chi connectivity index (χ0) is 25.8. The molecule has 0 radical (unpaired) electrons. The first-order valence-electron chi connectivity index (χ1n) is 10.4. The predicted molar refractivity (Wildman–Crippen MR) is 129 cm³/mol. The number of carboxylic acids is 1. The first-order valence-corrected chi connectivity index (χ1v) is 11.6. The SMILES string of the molecule is CC(O)CN(CC(C)O)CC(C)O.COc1cc(OC)nc(Sc2cccc(Cl)c2C(=O)O)n1. The van der Waals surface area contributed by atoms with Crippen molar-refractivity contribution in [1.82, 2.24) is 14.9 Å². The normalized spacial score (nSPS) is 13.5. The van der Waals surface area contributed by atoms with E-state index in [0.29, 0.717) is 41.4 Å². The average Bonchev–Trinajstić information content (AvgIpc) is 2.72. The number of carbonyl (C=O) groups is 1. The summed E-state index contributed by atoms with van der Waals surface area (Å²) in [6.07, 6.45) is -1.30. The molecule has 12 heteroatoms. The highest BCUT2D eigenvalue weighted by Crippen LogP contribution is 2.33. The number of benzene rings is 1. The Morgan fingerprint density at radius 3 is 1.85 bits per heavy atom. The highest BCUT2D eigenvalue weighted by Gasteiger charge is 2.17. The van der Waals surface area contributed by atoms with Crippen LogP contribution in [0.5, 0.6) is 11.8 Å². The largest absolute Gasteiger partial charge is 0.481 e. The van der Waals surface area contributed by atoms with Crippen molar-refractivity contribution >= 4 is 29.3 Å². The molecule has 0 amide bonds. The van der Waals surface area contributed by atoms with E-state index in [1.54, 1.807) is 32.9 Å². The highest BCUT2D eigenvalue weighted by molar-refractivity contribution is 7.99. The van der Waals surface area contributed by atoms with Gasteiger partial charge in [-0.05, 0) is 44.7 Å². The maximum atomic E-state index is 11.3. The zero-order valence-electron chi connectivity index (χ0n) is 19.8. The number of aliphatic hydroxyl groups is 3. The van der Waals surface area contributed by atoms with Gasteiger partial charge in [-0.3, -0.25) is 4.90 Å². The third kappa shape index (κ3) is 10.9. The van der Waals surface area contributed by atoms with E-state index in [0.717, 1.165) is 11.8 Å². The van der Waals surface area contributed by atoms with E-state index >= 15 is 0 Å². The van der Waals surface area contributed by atoms with E-state index in [9.17, 15) is 9.90 Å². The molecular weight excluding hydrogens is 486 g/mol. The van der Waals surface area contributed by atoms with Crippen molar-refractivity contribution in [2.75, 3.05) is 33.9 Å². The van der Waals surface area contributed by atoms with Gasteiger partial charge in [0, 0.05) is 24.5 Å². The van der Waals surface area contributed by atoms with Crippen molar-refractivity contribution in [3.8, 4) is 11.8 Å². The number of rotatable bonds is 11. The predicted octanol–water partition coefficient (Wildman–Crippen LogP) is 2.43. The zero-order valence-corrected chi connectivity index (χ0v) is 21.4. The molecule has 0 fully saturated rings. The number of halogens is 1. The summed E-state index contributed by atoms with van der Waals surface area (Å²) in [6.45, 7) is 6.52. The molecule has 1 aromatic heterocycles. The minimum absolute atomic E-state index is 0.00885. The van der Waals surface area contributed by atoms with Gasteiger partial charge in [-0.1, -0.05) is 17.7 Å². The molecule has 0 saturated heterocycles. The molecular formula is C22H32ClN3O7S. The van der Waals surface area contributed by atoms with Gasteiger partial charge in [0.1, 0.15) is 0 Å². The van der Waals surface area contributed by atoms with Crippen LogP contribution in [0.4, 0.5) is 0 Å². The molecule has 1 aromatic carbocycles. The second-order valence-corrected chi connectivity index (χ2v) is 8.94. The summed E-state index contributed by atoms with van der Waals surface area (Å²) in [6, 6.07) is 6.34. The molecule has 3 unspecified atom stereocenters. The number of ether oxygens (including phenoxy) is 2. The van der Waals surface area contributed by atoms with Gasteiger partial charge in [0.05, 0.1) is 49.2 Å². The number of aromatic nitrogens is 2. The monoisotopic (exact) mass is 517 g/mol. The van der Waals surface area contributed by atoms with Crippen LogP contribution in [0, 0.1) is 0 Å². The van der Waals surface area contributed by atoms with Crippen LogP contribution in [0.15, 0.2) is 34.3 Å². The van der Waals surface area contributed by atoms with Gasteiger partial charge < -0.3 is 29.9 Å². The molecule has 2 aromatic rings. The van der Waals surface area contributed by atoms with Crippen LogP contribution < -0.4 is 9.47 Å². The molecule has 0 aliphatic heterocycles. The minimum atomic E-state index is -1.11. The number of aromatic carboxylic acids is 1. The van der Waals surface area contributed by atoms with Crippen LogP contribution in [0.25, 0.3) is 0 Å². The third-order valence-corrected chi connectivity index (χ3v) is 5.27. The summed E-state index contributed by atoms with van der Waals surface area (Å²) in [7, 11) is 2.94. The molecule has 34 heavy (non-hydrogen) atoms. The van der Waals surface area contributed by atoms with E-state index in [4.69, 9.17) is 36.4 Å². The first-order chi connectivity index (χ1) is 16.0. The molecule has 0 spiro atoms. The molecule has 0 bridgehead atoms. The molecule has 0 aliphatic rings. The lowest BCUT2D eigenvalue weighted by Gasteiger charge is -2.25. The van der Waals surface area contributed by atoms with E-state index in [2.05, 4.69) is 9.97 Å². The van der Waals surface area contributed by atoms with E-state index in [1.807, 2.05) is 4.90 Å². The van der Waals surface area contributed by atoms with Crippen LogP contribution >= 0.6 is 23.4 Å². The standard InChI is InChI=1S/C13H11ClN2O4S.C9H21NO3/c1-19-9-6-10(20-2)16-13(15-9)21-8-5-3-4-7(14)11(8)12(17)18;1-7(11)4-10(5-8(2)12)6-9(3)13/h3-6H,1-2H3,(H,17,18);7-9,11-13H,4-6H2,1-3H3. The van der Waals surface area contributed by atoms with Crippen molar-refractivity contribution in [1.29, 1.82) is 0 Å². The van der Waals surface area contributed by atoms with Gasteiger partial charge in [-0.25, -0.2) is 4.79 Å². The third-order valence-electron chi connectivity index (χ3n) is 4.03. The van der Waals surface area contributed by atoms with Gasteiger partial charge >= 0.3 is 5.97 Å². The van der Waals surface area contributed by atoms with Crippen molar-refractivity contribution in [2.24, 2.45) is 0 Å². The van der Waals surface area contributed by atoms with Crippen molar-refractivity contribution in [3.63, 3.8) is 0 Å². The summed E-state index contributed by atoms with van der Waals surface area (Å²) in [5.41, 5.74) is 0.00885. The van der Waals surface area contributed by atoms with Crippen molar-refractivity contribution in [2.45, 2.75) is 49.1 Å². The number of nitrogens with zero attached hydrogens (tertiary/aromatic N) is 3. The van der Waals surface area contributed by atoms with Crippen LogP contribution in [0.2, 0.25) is 5.02 Å². The summed E-state index contributed by atoms with van der Waals surface area (Å²) in [5.74, 6) is -0.468. The van der Waals surface area contributed by atoms with Crippen molar-refractivity contribution < 1.29 is 34.7 Å². The fraction of sp³-hybridized carbons (Fsp3) is 0.500. The minimum Gasteiger partial charge on any atom is -0.481 e. The Hall–Kier alpha value is -2.15. The van der Waals surface area contributed by atoms with Gasteiger partial charge in [-0.15, -0.1) is 0 Å². The smallest absolute Gasteiger partial charge is 0.338 e. The number of hydrogen-bond donors (Lipinski definition) is 4.